The van der Waals surface area contributed by atoms with E-state index in [1.165, 1.54) is 0 Å². The highest BCUT2D eigenvalue weighted by atomic mass is 35.5. The summed E-state index contributed by atoms with van der Waals surface area (Å²) in [7, 11) is 0. The molecule has 4 nitrogen and oxygen atoms in total. The summed E-state index contributed by atoms with van der Waals surface area (Å²) < 4.78 is 53.5. The maximum atomic E-state index is 12.7. The molecule has 0 unspecified atom stereocenters. The van der Waals surface area contributed by atoms with Crippen LogP contribution in [0.3, 0.4) is 0 Å². The molecule has 0 radical (unpaired) electrons. The van der Waals surface area contributed by atoms with Gasteiger partial charge in [-0.25, -0.2) is 4.98 Å². The molecule has 0 aromatic carbocycles. The molecule has 1 rings (SSSR count). The van der Waals surface area contributed by atoms with Gasteiger partial charge < -0.3 is 4.52 Å². The maximum Gasteiger partial charge on any atom is 0.416 e. The Kier molecular flexibility index (Phi) is 6.22. The van der Waals surface area contributed by atoms with Crippen LogP contribution in [0.4, 0.5) is 13.2 Å². The summed E-state index contributed by atoms with van der Waals surface area (Å²) in [5.74, 6) is -0.380. The first kappa shape index (κ1) is 17.7. The summed E-state index contributed by atoms with van der Waals surface area (Å²) in [6, 6.07) is 1.39. The Morgan fingerprint density at radius 1 is 1.25 bits per heavy atom. The van der Waals surface area contributed by atoms with Crippen molar-refractivity contribution in [1.82, 2.24) is 4.98 Å². The molecule has 0 atom stereocenters. The molecule has 0 aliphatic heterocycles. The van der Waals surface area contributed by atoms with Crippen molar-refractivity contribution in [2.24, 2.45) is 0 Å². The van der Waals surface area contributed by atoms with E-state index in [0.717, 1.165) is 0 Å². The van der Waals surface area contributed by atoms with Gasteiger partial charge in [0, 0.05) is 17.9 Å². The number of alkyl halides is 3. The minimum atomic E-state index is -4.57. The first-order chi connectivity index (χ1) is 9.20. The van der Waals surface area contributed by atoms with E-state index in [4.69, 9.17) is 37.0 Å². The van der Waals surface area contributed by atoms with Gasteiger partial charge in [0.2, 0.25) is 5.88 Å². The number of hydrogen-bond donors (Lipinski definition) is 0. The lowest BCUT2D eigenvalue weighted by molar-refractivity contribution is -0.137. The maximum absolute atomic E-state index is 12.7. The van der Waals surface area contributed by atoms with Gasteiger partial charge in [-0.2, -0.15) is 13.2 Å². The Morgan fingerprint density at radius 3 is 2.25 bits per heavy atom. The van der Waals surface area contributed by atoms with Gasteiger partial charge in [-0.15, -0.1) is 0 Å². The number of nitrogens with zero attached hydrogens (tertiary/aromatic N) is 1. The molecule has 10 heteroatoms. The van der Waals surface area contributed by atoms with Gasteiger partial charge in [0.1, 0.15) is 5.15 Å². The first-order valence-corrected chi connectivity index (χ1v) is 8.47. The van der Waals surface area contributed by atoms with Crippen LogP contribution in [0, 0.1) is 0 Å². The number of rotatable bonds is 6. The highest BCUT2D eigenvalue weighted by molar-refractivity contribution is 8.07. The monoisotopic (exact) mass is 349 g/mol. The molecule has 0 saturated heterocycles. The van der Waals surface area contributed by atoms with Crippen molar-refractivity contribution >= 4 is 30.1 Å². The van der Waals surface area contributed by atoms with Gasteiger partial charge >= 0.3 is 12.9 Å². The number of pyridine rings is 1. The van der Waals surface area contributed by atoms with E-state index < -0.39 is 18.5 Å². The minimum Gasteiger partial charge on any atom is -0.406 e. The lowest BCUT2D eigenvalue weighted by atomic mass is 10.2. The van der Waals surface area contributed by atoms with Crippen LogP contribution in [0.25, 0.3) is 0 Å². The van der Waals surface area contributed by atoms with Crippen LogP contribution >= 0.6 is 18.3 Å². The molecule has 0 saturated carbocycles. The van der Waals surface area contributed by atoms with Crippen molar-refractivity contribution in [2.75, 3.05) is 13.2 Å². The van der Waals surface area contributed by atoms with Crippen LogP contribution in [0.2, 0.25) is 5.15 Å². The second kappa shape index (κ2) is 7.04. The van der Waals surface area contributed by atoms with Crippen molar-refractivity contribution in [3.05, 3.63) is 22.8 Å². The Bertz CT molecular complexity index is 505. The van der Waals surface area contributed by atoms with Gasteiger partial charge in [0.05, 0.1) is 18.8 Å². The van der Waals surface area contributed by atoms with Gasteiger partial charge in [-0.3, -0.25) is 9.05 Å². The van der Waals surface area contributed by atoms with Crippen molar-refractivity contribution in [3.8, 4) is 5.88 Å². The Morgan fingerprint density at radius 2 is 1.80 bits per heavy atom. The van der Waals surface area contributed by atoms with E-state index in [-0.39, 0.29) is 24.2 Å². The zero-order chi connectivity index (χ0) is 15.4. The van der Waals surface area contributed by atoms with Crippen LogP contribution in [0.15, 0.2) is 12.1 Å². The van der Waals surface area contributed by atoms with Crippen LogP contribution in [0.1, 0.15) is 19.4 Å². The number of hydrogen-bond acceptors (Lipinski definition) is 5. The van der Waals surface area contributed by atoms with Crippen molar-refractivity contribution < 1.29 is 26.7 Å². The predicted octanol–water partition coefficient (Wildman–Crippen LogP) is 4.43. The molecule has 0 N–H and O–H groups in total. The van der Waals surface area contributed by atoms with Gasteiger partial charge in [-0.05, 0) is 19.9 Å². The van der Waals surface area contributed by atoms with Crippen molar-refractivity contribution in [2.45, 2.75) is 20.0 Å². The smallest absolute Gasteiger partial charge is 0.406 e. The SMILES string of the molecule is CCOP(=S)(OCC)Oc1cc(C(F)(F)F)cc(Cl)n1. The highest BCUT2D eigenvalue weighted by Crippen LogP contribution is 2.49. The van der Waals surface area contributed by atoms with E-state index in [2.05, 4.69) is 4.98 Å². The van der Waals surface area contributed by atoms with Crippen LogP contribution in [0.5, 0.6) is 5.88 Å². The lowest BCUT2D eigenvalue weighted by Gasteiger charge is -2.20. The van der Waals surface area contributed by atoms with Crippen LogP contribution < -0.4 is 4.52 Å². The van der Waals surface area contributed by atoms with E-state index in [1.807, 2.05) is 0 Å². The second-order valence-corrected chi connectivity index (χ2v) is 6.71. The Hall–Kier alpha value is -0.400. The largest absolute Gasteiger partial charge is 0.416 e. The second-order valence-electron chi connectivity index (χ2n) is 3.39. The van der Waals surface area contributed by atoms with Crippen LogP contribution in [-0.4, -0.2) is 18.2 Å². The first-order valence-electron chi connectivity index (χ1n) is 5.53. The topological polar surface area (TPSA) is 40.6 Å². The summed E-state index contributed by atoms with van der Waals surface area (Å²) >= 11 is 10.6. The van der Waals surface area contributed by atoms with E-state index in [1.54, 1.807) is 13.8 Å². The lowest BCUT2D eigenvalue weighted by Crippen LogP contribution is -2.07. The molecular weight excluding hydrogens is 338 g/mol. The number of aromatic nitrogens is 1. The third-order valence-corrected chi connectivity index (χ3v) is 4.49. The average molecular weight is 350 g/mol. The number of halogens is 4. The quantitative estimate of drug-likeness (QED) is 0.561. The van der Waals surface area contributed by atoms with Gasteiger partial charge in [0.25, 0.3) is 0 Å². The normalized spacial score (nSPS) is 12.5. The molecule has 1 heterocycles. The summed E-state index contributed by atoms with van der Waals surface area (Å²) in [6.45, 7) is 0.534. The molecule has 114 valence electrons. The predicted molar refractivity (Wildman–Crippen MR) is 72.4 cm³/mol. The summed E-state index contributed by atoms with van der Waals surface area (Å²) in [5, 5.41) is -0.357. The highest BCUT2D eigenvalue weighted by Gasteiger charge is 2.33. The fourth-order valence-electron chi connectivity index (χ4n) is 1.20. The molecule has 1 aromatic heterocycles. The molecule has 0 bridgehead atoms. The molecule has 20 heavy (non-hydrogen) atoms. The van der Waals surface area contributed by atoms with E-state index in [0.29, 0.717) is 12.1 Å². The van der Waals surface area contributed by atoms with Crippen molar-refractivity contribution in [1.29, 1.82) is 0 Å². The zero-order valence-electron chi connectivity index (χ0n) is 10.6. The average Bonchev–Trinajstić information content (AvgIpc) is 2.26. The third-order valence-electron chi connectivity index (χ3n) is 1.88. The Balaban J connectivity index is 3.07. The van der Waals surface area contributed by atoms with E-state index >= 15 is 0 Å². The zero-order valence-corrected chi connectivity index (χ0v) is 13.1. The summed E-state index contributed by atoms with van der Waals surface area (Å²) in [5.41, 5.74) is -0.984. The molecule has 0 spiro atoms. The van der Waals surface area contributed by atoms with Gasteiger partial charge in [-0.1, -0.05) is 11.6 Å². The fraction of sp³-hybridized carbons (Fsp3) is 0.500. The summed E-state index contributed by atoms with van der Waals surface area (Å²) in [6.07, 6.45) is -4.57. The minimum absolute atomic E-state index is 0.198. The molecular formula is C10H12ClF3NO3PS. The molecule has 0 amide bonds. The standard InChI is InChI=1S/C10H12ClF3NO3PS/c1-3-16-19(20,17-4-2)18-9-6-7(10(12,13)14)5-8(11)15-9/h5-6H,3-4H2,1-2H3. The molecule has 0 aliphatic rings. The molecule has 0 fully saturated rings. The molecule has 1 aromatic rings. The van der Waals surface area contributed by atoms with Crippen LogP contribution in [-0.2, 0) is 27.0 Å². The van der Waals surface area contributed by atoms with Gasteiger partial charge in [0.15, 0.2) is 0 Å². The fourth-order valence-corrected chi connectivity index (χ4v) is 3.40. The van der Waals surface area contributed by atoms with Crippen molar-refractivity contribution in [3.63, 3.8) is 0 Å². The molecule has 0 aliphatic carbocycles. The summed E-state index contributed by atoms with van der Waals surface area (Å²) in [4.78, 5) is 3.64. The van der Waals surface area contributed by atoms with E-state index in [9.17, 15) is 13.2 Å². The third kappa shape index (κ3) is 5.18. The Labute approximate surface area is 124 Å².